The summed E-state index contributed by atoms with van der Waals surface area (Å²) in [5, 5.41) is 0. The zero-order valence-corrected chi connectivity index (χ0v) is 10.3. The maximum absolute atomic E-state index is 4.51. The molecule has 0 amide bonds. The quantitative estimate of drug-likeness (QED) is 0.616. The molecule has 2 nitrogen and oxygen atoms in total. The van der Waals surface area contributed by atoms with E-state index in [-0.39, 0.29) is 5.41 Å². The minimum Gasteiger partial charge on any atom is -0.295 e. The van der Waals surface area contributed by atoms with Crippen LogP contribution in [0.2, 0.25) is 0 Å². The van der Waals surface area contributed by atoms with Crippen LogP contribution in [0, 0.1) is 11.3 Å². The van der Waals surface area contributed by atoms with E-state index in [1.807, 2.05) is 6.21 Å². The number of nitrogens with zero attached hydrogens (tertiary/aromatic N) is 2. The molecule has 0 saturated heterocycles. The number of hydrogen-bond acceptors (Lipinski definition) is 2. The molecule has 0 aromatic carbocycles. The van der Waals surface area contributed by atoms with Crippen molar-refractivity contribution in [1.82, 2.24) is 0 Å². The van der Waals surface area contributed by atoms with Gasteiger partial charge in [-0.05, 0) is 5.92 Å². The SMILES string of the molecule is C=C(/N=C(\C=N/C)C(C)(C)C)C(C)C. The highest BCUT2D eigenvalue weighted by Crippen LogP contribution is 2.18. The molecule has 0 aliphatic rings. The molecule has 2 heteroatoms. The molecule has 0 N–H and O–H groups in total. The summed E-state index contributed by atoms with van der Waals surface area (Å²) in [6.45, 7) is 14.5. The van der Waals surface area contributed by atoms with Gasteiger partial charge in [-0.3, -0.25) is 9.98 Å². The van der Waals surface area contributed by atoms with Crippen LogP contribution in [0.25, 0.3) is 0 Å². The molecule has 0 spiro atoms. The Hall–Kier alpha value is -0.920. The third-order valence-electron chi connectivity index (χ3n) is 1.95. The Labute approximate surface area is 87.9 Å². The molecule has 0 unspecified atom stereocenters. The first-order valence-corrected chi connectivity index (χ1v) is 4.99. The van der Waals surface area contributed by atoms with Crippen molar-refractivity contribution in [3.8, 4) is 0 Å². The van der Waals surface area contributed by atoms with Gasteiger partial charge in [-0.2, -0.15) is 0 Å². The van der Waals surface area contributed by atoms with Crippen LogP contribution < -0.4 is 0 Å². The van der Waals surface area contributed by atoms with Gasteiger partial charge in [0.05, 0.1) is 5.71 Å². The molecule has 0 bridgehead atoms. The summed E-state index contributed by atoms with van der Waals surface area (Å²) in [7, 11) is 1.76. The second-order valence-electron chi connectivity index (χ2n) is 4.78. The second kappa shape index (κ2) is 5.08. The molecule has 0 fully saturated rings. The van der Waals surface area contributed by atoms with Crippen LogP contribution in [0.4, 0.5) is 0 Å². The van der Waals surface area contributed by atoms with Crippen molar-refractivity contribution in [2.75, 3.05) is 7.05 Å². The molecule has 0 aromatic rings. The average Bonchev–Trinajstić information content (AvgIpc) is 2.01. The normalized spacial score (nSPS) is 14.1. The van der Waals surface area contributed by atoms with Gasteiger partial charge in [-0.15, -0.1) is 0 Å². The first kappa shape index (κ1) is 13.1. The smallest absolute Gasteiger partial charge is 0.0637 e. The number of allylic oxidation sites excluding steroid dienone is 1. The lowest BCUT2D eigenvalue weighted by Crippen LogP contribution is -2.22. The van der Waals surface area contributed by atoms with Crippen molar-refractivity contribution < 1.29 is 0 Å². The molecule has 0 aliphatic carbocycles. The Kier molecular flexibility index (Phi) is 4.75. The summed E-state index contributed by atoms with van der Waals surface area (Å²) in [6, 6.07) is 0. The first-order valence-electron chi connectivity index (χ1n) is 4.99. The largest absolute Gasteiger partial charge is 0.295 e. The predicted molar refractivity (Wildman–Crippen MR) is 65.3 cm³/mol. The Morgan fingerprint density at radius 2 is 1.79 bits per heavy atom. The topological polar surface area (TPSA) is 24.7 Å². The maximum atomic E-state index is 4.51. The van der Waals surface area contributed by atoms with Gasteiger partial charge in [-0.25, -0.2) is 0 Å². The average molecular weight is 194 g/mol. The monoisotopic (exact) mass is 194 g/mol. The van der Waals surface area contributed by atoms with Crippen LogP contribution in [-0.4, -0.2) is 19.0 Å². The lowest BCUT2D eigenvalue weighted by Gasteiger charge is -2.19. The van der Waals surface area contributed by atoms with Crippen LogP contribution in [-0.2, 0) is 0 Å². The summed E-state index contributed by atoms with van der Waals surface area (Å²) < 4.78 is 0. The van der Waals surface area contributed by atoms with E-state index >= 15 is 0 Å². The van der Waals surface area contributed by atoms with Crippen molar-refractivity contribution in [2.24, 2.45) is 21.3 Å². The van der Waals surface area contributed by atoms with Crippen molar-refractivity contribution in [1.29, 1.82) is 0 Å². The Balaban J connectivity index is 4.93. The van der Waals surface area contributed by atoms with Crippen molar-refractivity contribution >= 4 is 11.9 Å². The van der Waals surface area contributed by atoms with Gasteiger partial charge in [0.25, 0.3) is 0 Å². The highest BCUT2D eigenvalue weighted by molar-refractivity contribution is 6.32. The summed E-state index contributed by atoms with van der Waals surface area (Å²) in [5.41, 5.74) is 1.92. The third kappa shape index (κ3) is 4.35. The van der Waals surface area contributed by atoms with E-state index in [0.29, 0.717) is 5.92 Å². The predicted octanol–water partition coefficient (Wildman–Crippen LogP) is 3.34. The standard InChI is InChI=1S/C12H22N2/c1-9(2)10(3)14-11(8-13-7)12(4,5)6/h8-9H,3H2,1-2,4-7H3/b13-8-,14-11+. The minimum absolute atomic E-state index is 0.0251. The molecule has 0 radical (unpaired) electrons. The lowest BCUT2D eigenvalue weighted by molar-refractivity contribution is 0.595. The fourth-order valence-electron chi connectivity index (χ4n) is 0.796. The van der Waals surface area contributed by atoms with Gasteiger partial charge in [0.15, 0.2) is 0 Å². The van der Waals surface area contributed by atoms with E-state index in [4.69, 9.17) is 0 Å². The minimum atomic E-state index is 0.0251. The van der Waals surface area contributed by atoms with E-state index in [1.54, 1.807) is 7.05 Å². The van der Waals surface area contributed by atoms with Crippen LogP contribution in [0.5, 0.6) is 0 Å². The number of aliphatic imine (C=N–C) groups is 2. The zero-order valence-electron chi connectivity index (χ0n) is 10.3. The summed E-state index contributed by atoms with van der Waals surface area (Å²) in [5.74, 6) is 0.387. The molecule has 0 atom stereocenters. The molecule has 80 valence electrons. The zero-order chi connectivity index (χ0) is 11.4. The molecular formula is C12H22N2. The maximum Gasteiger partial charge on any atom is 0.0637 e. The number of hydrogen-bond donors (Lipinski definition) is 0. The van der Waals surface area contributed by atoms with Gasteiger partial charge < -0.3 is 0 Å². The van der Waals surface area contributed by atoms with Gasteiger partial charge >= 0.3 is 0 Å². The molecule has 0 heterocycles. The van der Waals surface area contributed by atoms with E-state index in [1.165, 1.54) is 0 Å². The van der Waals surface area contributed by atoms with E-state index < -0.39 is 0 Å². The Morgan fingerprint density at radius 3 is 2.07 bits per heavy atom. The van der Waals surface area contributed by atoms with Gasteiger partial charge in [0, 0.05) is 24.4 Å². The lowest BCUT2D eigenvalue weighted by atomic mass is 9.90. The van der Waals surface area contributed by atoms with Crippen molar-refractivity contribution in [3.05, 3.63) is 12.3 Å². The van der Waals surface area contributed by atoms with E-state index in [9.17, 15) is 0 Å². The van der Waals surface area contributed by atoms with E-state index in [2.05, 4.69) is 51.2 Å². The van der Waals surface area contributed by atoms with Crippen LogP contribution in [0.3, 0.4) is 0 Å². The van der Waals surface area contributed by atoms with Crippen LogP contribution >= 0.6 is 0 Å². The fourth-order valence-corrected chi connectivity index (χ4v) is 0.796. The Morgan fingerprint density at radius 1 is 1.29 bits per heavy atom. The van der Waals surface area contributed by atoms with E-state index in [0.717, 1.165) is 11.4 Å². The Bertz CT molecular complexity index is 252. The van der Waals surface area contributed by atoms with Gasteiger partial charge in [-0.1, -0.05) is 41.2 Å². The van der Waals surface area contributed by atoms with Gasteiger partial charge in [0.2, 0.25) is 0 Å². The highest BCUT2D eigenvalue weighted by atomic mass is 14.8. The number of rotatable bonds is 3. The van der Waals surface area contributed by atoms with Crippen LogP contribution in [0.15, 0.2) is 22.3 Å². The fraction of sp³-hybridized carbons (Fsp3) is 0.667. The molecule has 0 rings (SSSR count). The molecule has 0 saturated carbocycles. The summed E-state index contributed by atoms with van der Waals surface area (Å²) in [4.78, 5) is 8.53. The van der Waals surface area contributed by atoms with Crippen molar-refractivity contribution in [2.45, 2.75) is 34.6 Å². The first-order chi connectivity index (χ1) is 6.29. The molecule has 14 heavy (non-hydrogen) atoms. The molecular weight excluding hydrogens is 172 g/mol. The van der Waals surface area contributed by atoms with Crippen LogP contribution in [0.1, 0.15) is 34.6 Å². The molecule has 0 aromatic heterocycles. The summed E-state index contributed by atoms with van der Waals surface area (Å²) >= 11 is 0. The van der Waals surface area contributed by atoms with Gasteiger partial charge in [0.1, 0.15) is 0 Å². The molecule has 0 aliphatic heterocycles. The van der Waals surface area contributed by atoms with Crippen molar-refractivity contribution in [3.63, 3.8) is 0 Å². The third-order valence-corrected chi connectivity index (χ3v) is 1.95. The summed E-state index contributed by atoms with van der Waals surface area (Å²) in [6.07, 6.45) is 1.81. The highest BCUT2D eigenvalue weighted by Gasteiger charge is 2.17. The second-order valence-corrected chi connectivity index (χ2v) is 4.78.